The molecule has 0 amide bonds. The van der Waals surface area contributed by atoms with Crippen LogP contribution in [0.2, 0.25) is 0 Å². The second-order valence-electron chi connectivity index (χ2n) is 6.78. The van der Waals surface area contributed by atoms with E-state index in [0.717, 1.165) is 48.4 Å². The molecule has 0 aliphatic rings. The molecular weight excluding hydrogens is 509 g/mol. The van der Waals surface area contributed by atoms with Crippen LogP contribution in [0, 0.1) is 13.8 Å². The largest absolute Gasteiger partial charge is 0.469 e. The first-order valence-corrected chi connectivity index (χ1v) is 10.8. The van der Waals surface area contributed by atoms with Gasteiger partial charge in [0.2, 0.25) is 0 Å². The maximum Gasteiger partial charge on any atom is 0.191 e. The molecule has 3 aromatic rings. The number of hydrogen-bond acceptors (Lipinski definition) is 4. The Morgan fingerprint density at radius 3 is 2.53 bits per heavy atom. The smallest absolute Gasteiger partial charge is 0.191 e. The second-order valence-corrected chi connectivity index (χ2v) is 7.95. The number of aryl methyl sites for hydroxylation is 2. The highest BCUT2D eigenvalue weighted by atomic mass is 127. The van der Waals surface area contributed by atoms with E-state index in [1.807, 2.05) is 48.6 Å². The summed E-state index contributed by atoms with van der Waals surface area (Å²) < 4.78 is 7.32. The van der Waals surface area contributed by atoms with Gasteiger partial charge in [0.15, 0.2) is 5.96 Å². The summed E-state index contributed by atoms with van der Waals surface area (Å²) in [5.41, 5.74) is 3.36. The Labute approximate surface area is 199 Å². The van der Waals surface area contributed by atoms with Crippen LogP contribution in [0.1, 0.15) is 22.7 Å². The lowest BCUT2D eigenvalue weighted by Crippen LogP contribution is -2.39. The summed E-state index contributed by atoms with van der Waals surface area (Å²) in [6.07, 6.45) is 2.52. The Morgan fingerprint density at radius 2 is 1.87 bits per heavy atom. The predicted octanol–water partition coefficient (Wildman–Crippen LogP) is 4.32. The Hall–Kier alpha value is -1.94. The molecule has 1 aromatic carbocycles. The van der Waals surface area contributed by atoms with Crippen LogP contribution in [0.4, 0.5) is 0 Å². The van der Waals surface area contributed by atoms with Gasteiger partial charge >= 0.3 is 0 Å². The number of hydrogen-bond donors (Lipinski definition) is 2. The number of furan rings is 1. The van der Waals surface area contributed by atoms with Gasteiger partial charge in [-0.3, -0.25) is 4.68 Å². The van der Waals surface area contributed by atoms with E-state index in [4.69, 9.17) is 9.41 Å². The molecule has 2 aromatic heterocycles. The number of halogens is 1. The minimum atomic E-state index is 0. The highest BCUT2D eigenvalue weighted by molar-refractivity contribution is 14.0. The van der Waals surface area contributed by atoms with Gasteiger partial charge in [0, 0.05) is 48.5 Å². The van der Waals surface area contributed by atoms with Crippen LogP contribution >= 0.6 is 35.7 Å². The number of aromatic nitrogens is 2. The van der Waals surface area contributed by atoms with E-state index in [-0.39, 0.29) is 24.0 Å². The predicted molar refractivity (Wildman–Crippen MR) is 135 cm³/mol. The minimum absolute atomic E-state index is 0. The van der Waals surface area contributed by atoms with Crippen molar-refractivity contribution in [1.82, 2.24) is 20.4 Å². The molecule has 0 saturated carbocycles. The number of thioether (sulfide) groups is 1. The van der Waals surface area contributed by atoms with Gasteiger partial charge in [-0.15, -0.1) is 35.7 Å². The van der Waals surface area contributed by atoms with Crippen molar-refractivity contribution in [1.29, 1.82) is 0 Å². The quantitative estimate of drug-likeness (QED) is 0.140. The summed E-state index contributed by atoms with van der Waals surface area (Å²) in [4.78, 5) is 6.07. The van der Waals surface area contributed by atoms with Gasteiger partial charge in [-0.1, -0.05) is 18.2 Å². The number of nitrogens with one attached hydrogen (secondary N) is 2. The molecule has 0 radical (unpaired) electrons. The van der Waals surface area contributed by atoms with Crippen molar-refractivity contribution in [2.75, 3.05) is 18.8 Å². The SMILES string of the molecule is Cc1nn(C)c(C)c1CN=C(NCCSc1ccccc1)NCCc1ccco1.I. The average molecular weight is 539 g/mol. The van der Waals surface area contributed by atoms with Gasteiger partial charge in [0.1, 0.15) is 5.76 Å². The minimum Gasteiger partial charge on any atom is -0.469 e. The normalized spacial score (nSPS) is 11.2. The topological polar surface area (TPSA) is 67.4 Å². The summed E-state index contributed by atoms with van der Waals surface area (Å²) in [7, 11) is 1.97. The third-order valence-electron chi connectivity index (χ3n) is 4.70. The number of rotatable bonds is 9. The van der Waals surface area contributed by atoms with Crippen LogP contribution in [0.25, 0.3) is 0 Å². The van der Waals surface area contributed by atoms with Crippen molar-refractivity contribution < 1.29 is 4.42 Å². The zero-order valence-electron chi connectivity index (χ0n) is 17.7. The van der Waals surface area contributed by atoms with E-state index in [1.54, 1.807) is 6.26 Å². The fraction of sp³-hybridized carbons (Fsp3) is 0.364. The van der Waals surface area contributed by atoms with Gasteiger partial charge in [-0.2, -0.15) is 5.10 Å². The lowest BCUT2D eigenvalue weighted by Gasteiger charge is -2.12. The van der Waals surface area contributed by atoms with E-state index in [0.29, 0.717) is 6.54 Å². The Balaban J connectivity index is 0.00000320. The van der Waals surface area contributed by atoms with Gasteiger partial charge in [0.05, 0.1) is 18.5 Å². The van der Waals surface area contributed by atoms with Crippen LogP contribution in [0.15, 0.2) is 63.0 Å². The molecule has 0 atom stereocenters. The number of nitrogens with zero attached hydrogens (tertiary/aromatic N) is 3. The first-order valence-electron chi connectivity index (χ1n) is 9.85. The lowest BCUT2D eigenvalue weighted by molar-refractivity contribution is 0.507. The highest BCUT2D eigenvalue weighted by Crippen LogP contribution is 2.16. The van der Waals surface area contributed by atoms with Crippen LogP contribution in [-0.2, 0) is 20.0 Å². The lowest BCUT2D eigenvalue weighted by atomic mass is 10.2. The fourth-order valence-electron chi connectivity index (χ4n) is 2.99. The molecule has 162 valence electrons. The van der Waals surface area contributed by atoms with E-state index >= 15 is 0 Å². The van der Waals surface area contributed by atoms with Crippen molar-refractivity contribution in [2.24, 2.45) is 12.0 Å². The summed E-state index contributed by atoms with van der Waals surface area (Å²) in [6.45, 7) is 6.31. The maximum absolute atomic E-state index is 5.41. The first-order chi connectivity index (χ1) is 14.1. The van der Waals surface area contributed by atoms with Crippen molar-refractivity contribution >= 4 is 41.7 Å². The van der Waals surface area contributed by atoms with E-state index < -0.39 is 0 Å². The second kappa shape index (κ2) is 12.7. The molecule has 0 fully saturated rings. The van der Waals surface area contributed by atoms with E-state index in [9.17, 15) is 0 Å². The molecular formula is C22H30IN5OS. The molecule has 6 nitrogen and oxygen atoms in total. The summed E-state index contributed by atoms with van der Waals surface area (Å²) >= 11 is 1.83. The van der Waals surface area contributed by atoms with E-state index in [2.05, 4.69) is 46.9 Å². The third-order valence-corrected chi connectivity index (χ3v) is 5.72. The van der Waals surface area contributed by atoms with Crippen molar-refractivity contribution in [3.05, 3.63) is 71.4 Å². The van der Waals surface area contributed by atoms with Gasteiger partial charge in [-0.25, -0.2) is 4.99 Å². The van der Waals surface area contributed by atoms with Crippen molar-refractivity contribution in [3.8, 4) is 0 Å². The zero-order valence-corrected chi connectivity index (χ0v) is 20.9. The van der Waals surface area contributed by atoms with Crippen LogP contribution in [0.5, 0.6) is 0 Å². The maximum atomic E-state index is 5.41. The van der Waals surface area contributed by atoms with Crippen LogP contribution in [0.3, 0.4) is 0 Å². The average Bonchev–Trinajstić information content (AvgIpc) is 3.32. The van der Waals surface area contributed by atoms with Crippen LogP contribution < -0.4 is 10.6 Å². The van der Waals surface area contributed by atoms with Crippen molar-refractivity contribution in [3.63, 3.8) is 0 Å². The molecule has 2 N–H and O–H groups in total. The molecule has 0 aliphatic heterocycles. The summed E-state index contributed by atoms with van der Waals surface area (Å²) in [6, 6.07) is 14.3. The molecule has 0 saturated heterocycles. The van der Waals surface area contributed by atoms with Crippen LogP contribution in [-0.4, -0.2) is 34.6 Å². The van der Waals surface area contributed by atoms with E-state index in [1.165, 1.54) is 10.5 Å². The van der Waals surface area contributed by atoms with Gasteiger partial charge in [0.25, 0.3) is 0 Å². The zero-order chi connectivity index (χ0) is 20.5. The Morgan fingerprint density at radius 1 is 1.10 bits per heavy atom. The highest BCUT2D eigenvalue weighted by Gasteiger charge is 2.09. The summed E-state index contributed by atoms with van der Waals surface area (Å²) in [5, 5.41) is 11.3. The first kappa shape index (κ1) is 24.3. The molecule has 8 heteroatoms. The number of aliphatic imine (C=N–C) groups is 1. The van der Waals surface area contributed by atoms with Gasteiger partial charge in [-0.05, 0) is 38.1 Å². The molecule has 0 bridgehead atoms. The summed E-state index contributed by atoms with van der Waals surface area (Å²) in [5.74, 6) is 2.75. The molecule has 0 unspecified atom stereocenters. The molecule has 0 aliphatic carbocycles. The number of guanidine groups is 1. The Kier molecular flexibility index (Phi) is 10.3. The number of benzene rings is 1. The van der Waals surface area contributed by atoms with Gasteiger partial charge < -0.3 is 15.1 Å². The standard InChI is InChI=1S/C22H29N5OS.HI/c1-17-21(18(2)27(3)26-17)16-25-22(23-12-11-19-8-7-14-28-19)24-13-15-29-20-9-5-4-6-10-20;/h4-10,14H,11-13,15-16H2,1-3H3,(H2,23,24,25);1H. The third kappa shape index (κ3) is 7.39. The molecule has 0 spiro atoms. The van der Waals surface area contributed by atoms with Crippen molar-refractivity contribution in [2.45, 2.75) is 31.7 Å². The monoisotopic (exact) mass is 539 g/mol. The Bertz CT molecular complexity index is 909. The fourth-order valence-corrected chi connectivity index (χ4v) is 3.78. The molecule has 30 heavy (non-hydrogen) atoms. The molecule has 3 rings (SSSR count). The molecule has 2 heterocycles.